The van der Waals surface area contributed by atoms with Crippen LogP contribution in [0.4, 0.5) is 10.5 Å². The molecule has 0 aliphatic carbocycles. The molecule has 0 N–H and O–H groups in total. The number of halogens is 1. The van der Waals surface area contributed by atoms with E-state index in [0.717, 1.165) is 57.4 Å². The quantitative estimate of drug-likeness (QED) is 0.781. The molecule has 0 atom stereocenters. The molecule has 2 saturated heterocycles. The zero-order valence-electron chi connectivity index (χ0n) is 14.0. The first-order valence-electron chi connectivity index (χ1n) is 8.48. The topological polar surface area (TPSA) is 49.9 Å². The zero-order valence-corrected chi connectivity index (χ0v) is 14.7. The second-order valence-electron chi connectivity index (χ2n) is 6.68. The summed E-state index contributed by atoms with van der Waals surface area (Å²) in [6.07, 6.45) is 3.70. The predicted octanol–water partition coefficient (Wildman–Crippen LogP) is 3.60. The van der Waals surface area contributed by atoms with E-state index in [9.17, 15) is 9.59 Å². The molecular formula is C18H23ClN2O3. The summed E-state index contributed by atoms with van der Waals surface area (Å²) in [4.78, 5) is 27.2. The second-order valence-corrected chi connectivity index (χ2v) is 7.11. The molecule has 2 heterocycles. The monoisotopic (exact) mass is 350 g/mol. The summed E-state index contributed by atoms with van der Waals surface area (Å²) in [6, 6.07) is 5.40. The molecular weight excluding hydrogens is 328 g/mol. The minimum atomic E-state index is -0.208. The van der Waals surface area contributed by atoms with Gasteiger partial charge in [0.2, 0.25) is 0 Å². The number of ether oxygens (including phenoxy) is 1. The van der Waals surface area contributed by atoms with Gasteiger partial charge in [-0.3, -0.25) is 4.79 Å². The summed E-state index contributed by atoms with van der Waals surface area (Å²) in [5, 5.41) is 0.647. The minimum absolute atomic E-state index is 0.208. The van der Waals surface area contributed by atoms with E-state index in [1.165, 1.54) is 0 Å². The van der Waals surface area contributed by atoms with E-state index in [-0.39, 0.29) is 11.5 Å². The third kappa shape index (κ3) is 3.36. The van der Waals surface area contributed by atoms with Gasteiger partial charge in [0.25, 0.3) is 0 Å². The molecule has 6 heteroatoms. The highest BCUT2D eigenvalue weighted by Gasteiger charge is 2.42. The molecule has 0 unspecified atom stereocenters. The standard InChI is InChI=1S/C18H23ClN2O3/c1-2-24-17(23)20-8-5-18(6-9-20)7-10-21(13-18)16-11-15(19)4-3-14(16)12-22/h3-4,11-12H,2,5-10,13H2,1H3. The van der Waals surface area contributed by atoms with Crippen molar-refractivity contribution in [1.82, 2.24) is 4.90 Å². The number of likely N-dealkylation sites (tertiary alicyclic amines) is 1. The van der Waals surface area contributed by atoms with Crippen LogP contribution in [0, 0.1) is 5.41 Å². The molecule has 0 bridgehead atoms. The maximum absolute atomic E-state index is 11.8. The lowest BCUT2D eigenvalue weighted by Crippen LogP contribution is -2.44. The second kappa shape index (κ2) is 7.01. The number of anilines is 1. The third-order valence-electron chi connectivity index (χ3n) is 5.25. The Morgan fingerprint density at radius 2 is 2.00 bits per heavy atom. The van der Waals surface area contributed by atoms with Gasteiger partial charge in [-0.05, 0) is 49.8 Å². The van der Waals surface area contributed by atoms with Crippen LogP contribution in [-0.2, 0) is 4.74 Å². The molecule has 1 aromatic carbocycles. The Morgan fingerprint density at radius 3 is 2.67 bits per heavy atom. The fourth-order valence-corrected chi connectivity index (χ4v) is 3.98. The number of aldehydes is 1. The number of nitrogens with zero attached hydrogens (tertiary/aromatic N) is 2. The van der Waals surface area contributed by atoms with E-state index in [1.807, 2.05) is 13.0 Å². The van der Waals surface area contributed by atoms with Gasteiger partial charge in [0.1, 0.15) is 0 Å². The van der Waals surface area contributed by atoms with Gasteiger partial charge in [-0.25, -0.2) is 4.79 Å². The van der Waals surface area contributed by atoms with Gasteiger partial charge >= 0.3 is 6.09 Å². The predicted molar refractivity (Wildman–Crippen MR) is 93.9 cm³/mol. The van der Waals surface area contributed by atoms with Crippen LogP contribution in [0.2, 0.25) is 5.02 Å². The normalized spacial score (nSPS) is 19.6. The van der Waals surface area contributed by atoms with Crippen LogP contribution in [-0.4, -0.2) is 50.1 Å². The highest BCUT2D eigenvalue weighted by atomic mass is 35.5. The van der Waals surface area contributed by atoms with Crippen LogP contribution in [0.1, 0.15) is 36.5 Å². The van der Waals surface area contributed by atoms with Crippen molar-refractivity contribution in [3.63, 3.8) is 0 Å². The smallest absolute Gasteiger partial charge is 0.409 e. The van der Waals surface area contributed by atoms with Crippen molar-refractivity contribution in [3.8, 4) is 0 Å². The average molecular weight is 351 g/mol. The maximum atomic E-state index is 11.8. The zero-order chi connectivity index (χ0) is 17.2. The molecule has 5 nitrogen and oxygen atoms in total. The van der Waals surface area contributed by atoms with Gasteiger partial charge in [0.15, 0.2) is 6.29 Å². The summed E-state index contributed by atoms with van der Waals surface area (Å²) in [5.74, 6) is 0. The molecule has 1 spiro atoms. The minimum Gasteiger partial charge on any atom is -0.450 e. The Bertz CT molecular complexity index is 627. The van der Waals surface area contributed by atoms with Crippen LogP contribution in [0.3, 0.4) is 0 Å². The van der Waals surface area contributed by atoms with Gasteiger partial charge in [0.05, 0.1) is 6.61 Å². The van der Waals surface area contributed by atoms with Crippen LogP contribution in [0.5, 0.6) is 0 Å². The van der Waals surface area contributed by atoms with E-state index in [1.54, 1.807) is 17.0 Å². The van der Waals surface area contributed by atoms with Crippen molar-refractivity contribution in [2.45, 2.75) is 26.2 Å². The molecule has 2 fully saturated rings. The summed E-state index contributed by atoms with van der Waals surface area (Å²) in [6.45, 7) is 5.54. The van der Waals surface area contributed by atoms with Gasteiger partial charge in [0, 0.05) is 42.5 Å². The van der Waals surface area contributed by atoms with Gasteiger partial charge < -0.3 is 14.5 Å². The number of carbonyl (C=O) groups excluding carboxylic acids is 2. The molecule has 24 heavy (non-hydrogen) atoms. The van der Waals surface area contributed by atoms with Crippen molar-refractivity contribution in [1.29, 1.82) is 0 Å². The van der Waals surface area contributed by atoms with Crippen LogP contribution in [0.15, 0.2) is 18.2 Å². The number of amides is 1. The Morgan fingerprint density at radius 1 is 1.29 bits per heavy atom. The number of rotatable bonds is 3. The molecule has 0 saturated carbocycles. The molecule has 130 valence electrons. The number of piperidine rings is 1. The van der Waals surface area contributed by atoms with E-state index >= 15 is 0 Å². The SMILES string of the molecule is CCOC(=O)N1CCC2(CC1)CCN(c1cc(Cl)ccc1C=O)C2. The van der Waals surface area contributed by atoms with Crippen LogP contribution >= 0.6 is 11.6 Å². The lowest BCUT2D eigenvalue weighted by Gasteiger charge is -2.38. The van der Waals surface area contributed by atoms with Crippen LogP contribution < -0.4 is 4.90 Å². The summed E-state index contributed by atoms with van der Waals surface area (Å²) in [7, 11) is 0. The van der Waals surface area contributed by atoms with E-state index in [2.05, 4.69) is 4.90 Å². The van der Waals surface area contributed by atoms with Crippen molar-refractivity contribution in [2.24, 2.45) is 5.41 Å². The highest BCUT2D eigenvalue weighted by Crippen LogP contribution is 2.42. The van der Waals surface area contributed by atoms with E-state index < -0.39 is 0 Å². The summed E-state index contributed by atoms with van der Waals surface area (Å²) >= 11 is 6.11. The van der Waals surface area contributed by atoms with Crippen molar-refractivity contribution < 1.29 is 14.3 Å². The van der Waals surface area contributed by atoms with Gasteiger partial charge in [-0.1, -0.05) is 11.6 Å². The Labute approximate surface area is 147 Å². The van der Waals surface area contributed by atoms with Crippen molar-refractivity contribution in [2.75, 3.05) is 37.7 Å². The first kappa shape index (κ1) is 17.1. The Kier molecular flexibility index (Phi) is 4.99. The molecule has 1 aromatic rings. The Balaban J connectivity index is 1.67. The number of hydrogen-bond donors (Lipinski definition) is 0. The number of benzene rings is 1. The van der Waals surface area contributed by atoms with Crippen molar-refractivity contribution in [3.05, 3.63) is 28.8 Å². The molecule has 0 radical (unpaired) electrons. The van der Waals surface area contributed by atoms with Gasteiger partial charge in [-0.15, -0.1) is 0 Å². The summed E-state index contributed by atoms with van der Waals surface area (Å²) < 4.78 is 5.09. The molecule has 3 rings (SSSR count). The van der Waals surface area contributed by atoms with Crippen molar-refractivity contribution >= 4 is 29.7 Å². The van der Waals surface area contributed by atoms with E-state index in [4.69, 9.17) is 16.3 Å². The van der Waals surface area contributed by atoms with Crippen LogP contribution in [0.25, 0.3) is 0 Å². The Hall–Kier alpha value is -1.75. The molecule has 1 amide bonds. The van der Waals surface area contributed by atoms with E-state index in [0.29, 0.717) is 17.2 Å². The van der Waals surface area contributed by atoms with Gasteiger partial charge in [-0.2, -0.15) is 0 Å². The molecule has 2 aliphatic heterocycles. The largest absolute Gasteiger partial charge is 0.450 e. The molecule has 2 aliphatic rings. The number of hydrogen-bond acceptors (Lipinski definition) is 4. The first-order chi connectivity index (χ1) is 11.6. The first-order valence-corrected chi connectivity index (χ1v) is 8.86. The lowest BCUT2D eigenvalue weighted by molar-refractivity contribution is 0.0744. The molecule has 0 aromatic heterocycles. The highest BCUT2D eigenvalue weighted by molar-refractivity contribution is 6.31. The maximum Gasteiger partial charge on any atom is 0.409 e. The average Bonchev–Trinajstić information content (AvgIpc) is 2.99. The fourth-order valence-electron chi connectivity index (χ4n) is 3.82. The summed E-state index contributed by atoms with van der Waals surface area (Å²) in [5.41, 5.74) is 1.81. The third-order valence-corrected chi connectivity index (χ3v) is 5.48. The number of carbonyl (C=O) groups is 2. The lowest BCUT2D eigenvalue weighted by atomic mass is 9.78. The fraction of sp³-hybridized carbons (Fsp3) is 0.556.